The van der Waals surface area contributed by atoms with Crippen LogP contribution in [0.15, 0.2) is 48.5 Å². The van der Waals surface area contributed by atoms with Crippen molar-refractivity contribution in [2.24, 2.45) is 0 Å². The molecule has 0 radical (unpaired) electrons. The minimum atomic E-state index is -0.447. The lowest BCUT2D eigenvalue weighted by Gasteiger charge is -2.14. The smallest absolute Gasteiger partial charge is 0.130 e. The highest BCUT2D eigenvalue weighted by atomic mass is 16.5. The second kappa shape index (κ2) is 5.89. The molecule has 100 valence electrons. The van der Waals surface area contributed by atoms with E-state index in [-0.39, 0.29) is 0 Å². The van der Waals surface area contributed by atoms with Gasteiger partial charge < -0.3 is 9.84 Å². The molecule has 0 aromatic heterocycles. The SMILES string of the molecule is CC(C)c1ccccc1Oc1ccc([C@H](C)O)cc1. The molecule has 0 spiro atoms. The molecule has 0 heterocycles. The lowest BCUT2D eigenvalue weighted by Crippen LogP contribution is -1.94. The molecule has 1 atom stereocenters. The molecule has 0 amide bonds. The molecule has 0 fully saturated rings. The molecule has 0 saturated carbocycles. The molecule has 2 aromatic rings. The molecule has 1 N–H and O–H groups in total. The quantitative estimate of drug-likeness (QED) is 0.862. The number of para-hydroxylation sites is 1. The van der Waals surface area contributed by atoms with E-state index >= 15 is 0 Å². The summed E-state index contributed by atoms with van der Waals surface area (Å²) < 4.78 is 5.92. The summed E-state index contributed by atoms with van der Waals surface area (Å²) in [7, 11) is 0. The van der Waals surface area contributed by atoms with E-state index in [0.717, 1.165) is 17.1 Å². The van der Waals surface area contributed by atoms with Gasteiger partial charge in [0.25, 0.3) is 0 Å². The molecule has 2 rings (SSSR count). The van der Waals surface area contributed by atoms with Crippen molar-refractivity contribution in [1.82, 2.24) is 0 Å². The number of ether oxygens (including phenoxy) is 1. The lowest BCUT2D eigenvalue weighted by molar-refractivity contribution is 0.199. The van der Waals surface area contributed by atoms with E-state index in [1.807, 2.05) is 42.5 Å². The van der Waals surface area contributed by atoms with Crippen molar-refractivity contribution >= 4 is 0 Å². The first-order valence-corrected chi connectivity index (χ1v) is 6.62. The third-order valence-electron chi connectivity index (χ3n) is 3.13. The van der Waals surface area contributed by atoms with Gasteiger partial charge in [0.1, 0.15) is 11.5 Å². The fourth-order valence-electron chi connectivity index (χ4n) is 1.99. The van der Waals surface area contributed by atoms with E-state index in [0.29, 0.717) is 5.92 Å². The van der Waals surface area contributed by atoms with E-state index in [1.54, 1.807) is 6.92 Å². The van der Waals surface area contributed by atoms with Crippen LogP contribution in [0.2, 0.25) is 0 Å². The van der Waals surface area contributed by atoms with Gasteiger partial charge in [-0.15, -0.1) is 0 Å². The van der Waals surface area contributed by atoms with Crippen molar-refractivity contribution in [3.63, 3.8) is 0 Å². The first-order chi connectivity index (χ1) is 9.08. The van der Waals surface area contributed by atoms with Gasteiger partial charge in [-0.25, -0.2) is 0 Å². The largest absolute Gasteiger partial charge is 0.457 e. The van der Waals surface area contributed by atoms with Gasteiger partial charge in [0.05, 0.1) is 6.10 Å². The predicted octanol–water partition coefficient (Wildman–Crippen LogP) is 4.66. The minimum absolute atomic E-state index is 0.424. The summed E-state index contributed by atoms with van der Waals surface area (Å²) in [4.78, 5) is 0. The van der Waals surface area contributed by atoms with Crippen molar-refractivity contribution < 1.29 is 9.84 Å². The maximum absolute atomic E-state index is 9.48. The normalized spacial score (nSPS) is 12.5. The number of benzene rings is 2. The van der Waals surface area contributed by atoms with Crippen LogP contribution in [0.5, 0.6) is 11.5 Å². The van der Waals surface area contributed by atoms with E-state index < -0.39 is 6.10 Å². The van der Waals surface area contributed by atoms with Crippen LogP contribution in [0.4, 0.5) is 0 Å². The Kier molecular flexibility index (Phi) is 4.23. The van der Waals surface area contributed by atoms with Gasteiger partial charge in [-0.3, -0.25) is 0 Å². The Morgan fingerprint density at radius 2 is 1.53 bits per heavy atom. The van der Waals surface area contributed by atoms with Gasteiger partial charge in [0.15, 0.2) is 0 Å². The summed E-state index contributed by atoms with van der Waals surface area (Å²) in [6.07, 6.45) is -0.447. The van der Waals surface area contributed by atoms with Crippen LogP contribution in [-0.4, -0.2) is 5.11 Å². The average molecular weight is 256 g/mol. The second-order valence-electron chi connectivity index (χ2n) is 5.04. The van der Waals surface area contributed by atoms with Gasteiger partial charge in [-0.05, 0) is 42.2 Å². The summed E-state index contributed by atoms with van der Waals surface area (Å²) in [5.74, 6) is 2.10. The van der Waals surface area contributed by atoms with E-state index in [2.05, 4.69) is 19.9 Å². The molecule has 0 bridgehead atoms. The van der Waals surface area contributed by atoms with Crippen LogP contribution in [0, 0.1) is 0 Å². The van der Waals surface area contributed by atoms with Gasteiger partial charge in [-0.1, -0.05) is 44.2 Å². The Morgan fingerprint density at radius 3 is 2.11 bits per heavy atom. The summed E-state index contributed by atoms with van der Waals surface area (Å²) in [6.45, 7) is 6.06. The Labute approximate surface area is 114 Å². The number of aliphatic hydroxyl groups is 1. The highest BCUT2D eigenvalue weighted by molar-refractivity contribution is 5.40. The maximum atomic E-state index is 9.48. The van der Waals surface area contributed by atoms with Crippen LogP contribution < -0.4 is 4.74 Å². The van der Waals surface area contributed by atoms with E-state index in [1.165, 1.54) is 5.56 Å². The fraction of sp³-hybridized carbons (Fsp3) is 0.294. The van der Waals surface area contributed by atoms with Crippen molar-refractivity contribution in [2.75, 3.05) is 0 Å². The zero-order valence-corrected chi connectivity index (χ0v) is 11.6. The Balaban J connectivity index is 2.21. The Bertz CT molecular complexity index is 527. The highest BCUT2D eigenvalue weighted by Gasteiger charge is 2.08. The monoisotopic (exact) mass is 256 g/mol. The molecule has 19 heavy (non-hydrogen) atoms. The number of rotatable bonds is 4. The van der Waals surface area contributed by atoms with Crippen molar-refractivity contribution in [3.8, 4) is 11.5 Å². The van der Waals surface area contributed by atoms with Crippen LogP contribution in [0.1, 0.15) is 43.9 Å². The molecule has 2 heteroatoms. The van der Waals surface area contributed by atoms with Crippen LogP contribution >= 0.6 is 0 Å². The van der Waals surface area contributed by atoms with Crippen molar-refractivity contribution in [2.45, 2.75) is 32.8 Å². The predicted molar refractivity (Wildman–Crippen MR) is 77.7 cm³/mol. The third kappa shape index (κ3) is 3.36. The number of hydrogen-bond acceptors (Lipinski definition) is 2. The van der Waals surface area contributed by atoms with Crippen LogP contribution in [0.3, 0.4) is 0 Å². The van der Waals surface area contributed by atoms with Crippen molar-refractivity contribution in [3.05, 3.63) is 59.7 Å². The zero-order chi connectivity index (χ0) is 13.8. The fourth-order valence-corrected chi connectivity index (χ4v) is 1.99. The lowest BCUT2D eigenvalue weighted by atomic mass is 10.0. The molecule has 0 unspecified atom stereocenters. The minimum Gasteiger partial charge on any atom is -0.457 e. The summed E-state index contributed by atoms with van der Waals surface area (Å²) >= 11 is 0. The zero-order valence-electron chi connectivity index (χ0n) is 11.6. The van der Waals surface area contributed by atoms with Crippen LogP contribution in [-0.2, 0) is 0 Å². The van der Waals surface area contributed by atoms with Gasteiger partial charge in [0.2, 0.25) is 0 Å². The van der Waals surface area contributed by atoms with Gasteiger partial charge >= 0.3 is 0 Å². The highest BCUT2D eigenvalue weighted by Crippen LogP contribution is 2.30. The first-order valence-electron chi connectivity index (χ1n) is 6.62. The standard InChI is InChI=1S/C17H20O2/c1-12(2)16-6-4-5-7-17(16)19-15-10-8-14(9-11-15)13(3)18/h4-13,18H,1-3H3/t13-/m0/s1. The molecular weight excluding hydrogens is 236 g/mol. The number of hydrogen-bond donors (Lipinski definition) is 1. The third-order valence-corrected chi connectivity index (χ3v) is 3.13. The molecule has 2 nitrogen and oxygen atoms in total. The topological polar surface area (TPSA) is 29.5 Å². The molecule has 2 aromatic carbocycles. The summed E-state index contributed by atoms with van der Waals surface area (Å²) in [6, 6.07) is 15.6. The number of aliphatic hydroxyl groups excluding tert-OH is 1. The van der Waals surface area contributed by atoms with Crippen molar-refractivity contribution in [1.29, 1.82) is 0 Å². The Morgan fingerprint density at radius 1 is 0.895 bits per heavy atom. The molecule has 0 aliphatic rings. The molecular formula is C17H20O2. The second-order valence-corrected chi connectivity index (χ2v) is 5.04. The van der Waals surface area contributed by atoms with Gasteiger partial charge in [-0.2, -0.15) is 0 Å². The molecule has 0 aliphatic heterocycles. The first kappa shape index (κ1) is 13.6. The summed E-state index contributed by atoms with van der Waals surface area (Å²) in [5, 5.41) is 9.48. The van der Waals surface area contributed by atoms with E-state index in [4.69, 9.17) is 4.74 Å². The van der Waals surface area contributed by atoms with Gasteiger partial charge in [0, 0.05) is 0 Å². The maximum Gasteiger partial charge on any atom is 0.130 e. The molecule has 0 saturated heterocycles. The molecule has 0 aliphatic carbocycles. The summed E-state index contributed by atoms with van der Waals surface area (Å²) in [5.41, 5.74) is 2.09. The van der Waals surface area contributed by atoms with Crippen LogP contribution in [0.25, 0.3) is 0 Å². The van der Waals surface area contributed by atoms with E-state index in [9.17, 15) is 5.11 Å². The Hall–Kier alpha value is -1.80. The average Bonchev–Trinajstić information content (AvgIpc) is 2.39.